The van der Waals surface area contributed by atoms with Crippen molar-refractivity contribution in [1.82, 2.24) is 4.57 Å². The number of fused-ring (bicyclic) bond motifs is 4. The molecule has 35 heavy (non-hydrogen) atoms. The van der Waals surface area contributed by atoms with Gasteiger partial charge in [0.1, 0.15) is 0 Å². The molecule has 1 fully saturated rings. The van der Waals surface area contributed by atoms with Crippen molar-refractivity contribution < 1.29 is 9.90 Å². The van der Waals surface area contributed by atoms with Crippen LogP contribution in [0.1, 0.15) is 28.4 Å². The Morgan fingerprint density at radius 2 is 1.80 bits per heavy atom. The largest absolute Gasteiger partial charge is 0.478 e. The number of hydrogen-bond acceptors (Lipinski definition) is 4. The van der Waals surface area contributed by atoms with E-state index < -0.39 is 5.97 Å². The Balaban J connectivity index is 1.43. The van der Waals surface area contributed by atoms with Crippen LogP contribution in [0.4, 0.5) is 17.1 Å². The van der Waals surface area contributed by atoms with Gasteiger partial charge in [0.15, 0.2) is 5.11 Å². The van der Waals surface area contributed by atoms with Gasteiger partial charge in [0, 0.05) is 42.3 Å². The zero-order chi connectivity index (χ0) is 24.7. The molecule has 3 heterocycles. The number of halogens is 2. The predicted octanol–water partition coefficient (Wildman–Crippen LogP) is 5.29. The summed E-state index contributed by atoms with van der Waals surface area (Å²) in [6.07, 6.45) is 1.02. The second-order valence-electron chi connectivity index (χ2n) is 8.84. The number of aromatic nitrogens is 1. The first-order valence-electron chi connectivity index (χ1n) is 11.1. The van der Waals surface area contributed by atoms with Crippen LogP contribution in [-0.4, -0.2) is 33.8 Å². The number of anilines is 3. The maximum absolute atomic E-state index is 12.4. The molecule has 3 aromatic rings. The van der Waals surface area contributed by atoms with Gasteiger partial charge in [0.2, 0.25) is 0 Å². The molecule has 2 bridgehead atoms. The van der Waals surface area contributed by atoms with Gasteiger partial charge in [-0.15, -0.1) is 0 Å². The fourth-order valence-corrected chi connectivity index (χ4v) is 5.68. The summed E-state index contributed by atoms with van der Waals surface area (Å²) in [7, 11) is 0. The highest BCUT2D eigenvalue weighted by molar-refractivity contribution is 7.80. The van der Waals surface area contributed by atoms with Gasteiger partial charge in [0.25, 0.3) is 5.56 Å². The van der Waals surface area contributed by atoms with E-state index in [0.717, 1.165) is 24.3 Å². The SMILES string of the molecule is O=C(O)c1ccc(N2C[C@H]3C[C@@H](C2)c2cccc(=O)n2C3)c(NC(=S)Nc2ccc(Cl)cc2Cl)c1. The van der Waals surface area contributed by atoms with Gasteiger partial charge in [-0.05, 0) is 67.0 Å². The van der Waals surface area contributed by atoms with E-state index in [9.17, 15) is 14.7 Å². The predicted molar refractivity (Wildman–Crippen MR) is 143 cm³/mol. The molecule has 7 nitrogen and oxygen atoms in total. The van der Waals surface area contributed by atoms with Gasteiger partial charge in [0.05, 0.1) is 27.6 Å². The van der Waals surface area contributed by atoms with Crippen molar-refractivity contribution in [3.63, 3.8) is 0 Å². The number of rotatable bonds is 4. The van der Waals surface area contributed by atoms with Crippen molar-refractivity contribution >= 4 is 63.6 Å². The van der Waals surface area contributed by atoms with Gasteiger partial charge in [-0.1, -0.05) is 29.3 Å². The van der Waals surface area contributed by atoms with E-state index in [1.807, 2.05) is 22.8 Å². The van der Waals surface area contributed by atoms with Crippen LogP contribution in [-0.2, 0) is 6.54 Å². The number of nitrogens with one attached hydrogen (secondary N) is 2. The summed E-state index contributed by atoms with van der Waals surface area (Å²) in [5, 5.41) is 17.0. The highest BCUT2D eigenvalue weighted by Crippen LogP contribution is 2.39. The molecule has 5 rings (SSSR count). The van der Waals surface area contributed by atoms with Crippen LogP contribution in [0.25, 0.3) is 0 Å². The summed E-state index contributed by atoms with van der Waals surface area (Å²) in [6.45, 7) is 2.14. The number of piperidine rings is 1. The van der Waals surface area contributed by atoms with Gasteiger partial charge in [-0.2, -0.15) is 0 Å². The number of aromatic carboxylic acids is 1. The molecule has 0 saturated carbocycles. The van der Waals surface area contributed by atoms with Crippen molar-refractivity contribution in [2.24, 2.45) is 5.92 Å². The minimum absolute atomic E-state index is 0.0381. The van der Waals surface area contributed by atoms with Crippen molar-refractivity contribution in [3.05, 3.63) is 86.3 Å². The molecule has 3 N–H and O–H groups in total. The average molecular weight is 529 g/mol. The van der Waals surface area contributed by atoms with E-state index in [1.54, 1.807) is 36.4 Å². The van der Waals surface area contributed by atoms with Crippen molar-refractivity contribution in [2.75, 3.05) is 28.6 Å². The number of carboxylic acids is 1. The van der Waals surface area contributed by atoms with E-state index in [1.165, 1.54) is 0 Å². The van der Waals surface area contributed by atoms with Crippen LogP contribution in [0.2, 0.25) is 10.0 Å². The van der Waals surface area contributed by atoms with E-state index in [2.05, 4.69) is 15.5 Å². The molecule has 1 saturated heterocycles. The Labute approximate surface area is 217 Å². The minimum atomic E-state index is -1.02. The Morgan fingerprint density at radius 1 is 1.00 bits per heavy atom. The molecule has 0 amide bonds. The lowest BCUT2D eigenvalue weighted by molar-refractivity contribution is 0.0697. The summed E-state index contributed by atoms with van der Waals surface area (Å²) in [6, 6.07) is 15.5. The lowest BCUT2D eigenvalue weighted by Gasteiger charge is -2.44. The molecular weight excluding hydrogens is 507 g/mol. The van der Waals surface area contributed by atoms with Gasteiger partial charge in [-0.25, -0.2) is 4.79 Å². The standard InChI is InChI=1S/C25H22Cl2N4O3S/c26-17-5-6-19(18(27)10-17)28-25(35)29-20-9-15(24(33)34)4-7-22(20)30-11-14-8-16(13-30)21-2-1-3-23(32)31(21)12-14/h1-7,9-10,14,16H,8,11-13H2,(H,33,34)(H2,28,29,35)/t14-,16+/m1/s1. The fourth-order valence-electron chi connectivity index (χ4n) is 5.00. The fraction of sp³-hybridized carbons (Fsp3) is 0.240. The molecule has 0 spiro atoms. The zero-order valence-corrected chi connectivity index (χ0v) is 20.8. The lowest BCUT2D eigenvalue weighted by Crippen LogP contribution is -2.47. The maximum Gasteiger partial charge on any atom is 0.335 e. The van der Waals surface area contributed by atoms with Gasteiger partial charge in [-0.3, -0.25) is 4.79 Å². The number of hydrogen-bond donors (Lipinski definition) is 3. The monoisotopic (exact) mass is 528 g/mol. The summed E-state index contributed by atoms with van der Waals surface area (Å²) >= 11 is 17.7. The van der Waals surface area contributed by atoms with Crippen LogP contribution in [0.5, 0.6) is 0 Å². The molecule has 2 aliphatic rings. The second-order valence-corrected chi connectivity index (χ2v) is 10.1. The number of thiocarbonyl (C=S) groups is 1. The molecule has 1 aromatic heterocycles. The Bertz CT molecular complexity index is 1390. The maximum atomic E-state index is 12.4. The Kier molecular flexibility index (Phi) is 6.44. The second kappa shape index (κ2) is 9.53. The first kappa shape index (κ1) is 23.7. The minimum Gasteiger partial charge on any atom is -0.478 e. The van der Waals surface area contributed by atoms with Crippen LogP contribution in [0.15, 0.2) is 59.4 Å². The third-order valence-electron chi connectivity index (χ3n) is 6.49. The van der Waals surface area contributed by atoms with Crippen LogP contribution >= 0.6 is 35.4 Å². The van der Waals surface area contributed by atoms with Crippen molar-refractivity contribution in [2.45, 2.75) is 18.9 Å². The lowest BCUT2D eigenvalue weighted by atomic mass is 9.83. The zero-order valence-electron chi connectivity index (χ0n) is 18.5. The molecule has 180 valence electrons. The van der Waals surface area contributed by atoms with Crippen LogP contribution in [0.3, 0.4) is 0 Å². The topological polar surface area (TPSA) is 86.6 Å². The third kappa shape index (κ3) is 4.87. The molecular formula is C25H22Cl2N4O3S. The molecule has 2 atom stereocenters. The number of nitrogens with zero attached hydrogens (tertiary/aromatic N) is 2. The molecule has 0 unspecified atom stereocenters. The molecule has 2 aliphatic heterocycles. The summed E-state index contributed by atoms with van der Waals surface area (Å²) in [5.41, 5.74) is 3.25. The summed E-state index contributed by atoms with van der Waals surface area (Å²) in [4.78, 5) is 26.3. The third-order valence-corrected chi connectivity index (χ3v) is 7.24. The van der Waals surface area contributed by atoms with Crippen LogP contribution in [0, 0.1) is 5.92 Å². The van der Waals surface area contributed by atoms with Crippen LogP contribution < -0.4 is 21.1 Å². The quantitative estimate of drug-likeness (QED) is 0.396. The first-order chi connectivity index (χ1) is 16.8. The van der Waals surface area contributed by atoms with E-state index in [-0.39, 0.29) is 22.2 Å². The number of pyridine rings is 1. The van der Waals surface area contributed by atoms with E-state index >= 15 is 0 Å². The summed E-state index contributed by atoms with van der Waals surface area (Å²) < 4.78 is 1.89. The highest BCUT2D eigenvalue weighted by atomic mass is 35.5. The van der Waals surface area contributed by atoms with Gasteiger partial charge >= 0.3 is 5.97 Å². The van der Waals surface area contributed by atoms with Crippen molar-refractivity contribution in [3.8, 4) is 0 Å². The Hall–Kier alpha value is -3.07. The highest BCUT2D eigenvalue weighted by Gasteiger charge is 2.35. The number of benzene rings is 2. The molecule has 10 heteroatoms. The van der Waals surface area contributed by atoms with Gasteiger partial charge < -0.3 is 25.2 Å². The average Bonchev–Trinajstić information content (AvgIpc) is 2.81. The molecule has 0 aliphatic carbocycles. The Morgan fingerprint density at radius 3 is 2.57 bits per heavy atom. The van der Waals surface area contributed by atoms with Crippen molar-refractivity contribution in [1.29, 1.82) is 0 Å². The molecule has 0 radical (unpaired) electrons. The first-order valence-corrected chi connectivity index (χ1v) is 12.3. The summed E-state index contributed by atoms with van der Waals surface area (Å²) in [5.74, 6) is -0.504. The number of carbonyl (C=O) groups is 1. The van der Waals surface area contributed by atoms with E-state index in [0.29, 0.717) is 40.4 Å². The van der Waals surface area contributed by atoms with E-state index in [4.69, 9.17) is 35.4 Å². The normalized spacial score (nSPS) is 18.5. The smallest absolute Gasteiger partial charge is 0.335 e. The molecule has 2 aromatic carbocycles. The number of carboxylic acid groups (broad SMARTS) is 1.